The average Bonchev–Trinajstić information content (AvgIpc) is 2.25. The van der Waals surface area contributed by atoms with Crippen LogP contribution in [0.5, 0.6) is 0 Å². The molecule has 0 atom stereocenters. The van der Waals surface area contributed by atoms with Gasteiger partial charge in [-0.1, -0.05) is 18.2 Å². The first-order chi connectivity index (χ1) is 7.18. The van der Waals surface area contributed by atoms with E-state index >= 15 is 0 Å². The normalized spacial score (nSPS) is 15.2. The van der Waals surface area contributed by atoms with Gasteiger partial charge in [0.15, 0.2) is 0 Å². The van der Waals surface area contributed by atoms with Crippen LogP contribution in [-0.4, -0.2) is 0 Å². The summed E-state index contributed by atoms with van der Waals surface area (Å²) in [5.41, 5.74) is 6.52. The van der Waals surface area contributed by atoms with Crippen LogP contribution in [0.2, 0.25) is 0 Å². The van der Waals surface area contributed by atoms with Crippen molar-refractivity contribution in [1.29, 1.82) is 0 Å². The molecule has 0 radical (unpaired) electrons. The zero-order valence-electron chi connectivity index (χ0n) is 8.13. The quantitative estimate of drug-likeness (QED) is 0.702. The van der Waals surface area contributed by atoms with E-state index in [9.17, 15) is 8.78 Å². The van der Waals surface area contributed by atoms with Crippen LogP contribution in [-0.2, 0) is 0 Å². The molecular formula is C12H11F2N. The maximum atomic E-state index is 13.4. The van der Waals surface area contributed by atoms with Crippen LogP contribution in [0.15, 0.2) is 30.4 Å². The molecule has 2 N–H and O–H groups in total. The van der Waals surface area contributed by atoms with E-state index in [-0.39, 0.29) is 5.69 Å². The lowest BCUT2D eigenvalue weighted by atomic mass is 9.98. The molecule has 0 unspecified atom stereocenters. The number of nitrogen functional groups attached to an aromatic ring is 1. The van der Waals surface area contributed by atoms with Gasteiger partial charge >= 0.3 is 0 Å². The van der Waals surface area contributed by atoms with Gasteiger partial charge in [-0.3, -0.25) is 0 Å². The van der Waals surface area contributed by atoms with Gasteiger partial charge in [0.25, 0.3) is 0 Å². The number of halogens is 2. The van der Waals surface area contributed by atoms with Crippen LogP contribution < -0.4 is 5.73 Å². The molecule has 0 amide bonds. The molecule has 0 saturated heterocycles. The molecule has 0 aliphatic heterocycles. The van der Waals surface area contributed by atoms with Crippen molar-refractivity contribution < 1.29 is 8.78 Å². The minimum atomic E-state index is -0.711. The Morgan fingerprint density at radius 2 is 1.87 bits per heavy atom. The first-order valence-corrected chi connectivity index (χ1v) is 4.80. The minimum absolute atomic E-state index is 0.0220. The highest BCUT2D eigenvalue weighted by molar-refractivity contribution is 5.76. The van der Waals surface area contributed by atoms with Gasteiger partial charge in [0.05, 0.1) is 5.69 Å². The second-order valence-corrected chi connectivity index (χ2v) is 3.49. The van der Waals surface area contributed by atoms with E-state index in [1.54, 1.807) is 0 Å². The van der Waals surface area contributed by atoms with Crippen LogP contribution in [0, 0.1) is 11.6 Å². The van der Waals surface area contributed by atoms with E-state index in [1.807, 2.05) is 18.2 Å². The molecule has 0 bridgehead atoms. The maximum absolute atomic E-state index is 13.4. The second kappa shape index (κ2) is 3.85. The highest BCUT2D eigenvalue weighted by atomic mass is 19.1. The molecule has 1 aromatic carbocycles. The van der Waals surface area contributed by atoms with Crippen molar-refractivity contribution in [3.8, 4) is 0 Å². The van der Waals surface area contributed by atoms with Gasteiger partial charge in [0.1, 0.15) is 11.6 Å². The van der Waals surface area contributed by atoms with Crippen LogP contribution in [0.3, 0.4) is 0 Å². The predicted molar refractivity (Wildman–Crippen MR) is 57.1 cm³/mol. The molecule has 0 fully saturated rings. The van der Waals surface area contributed by atoms with E-state index in [0.29, 0.717) is 5.56 Å². The second-order valence-electron chi connectivity index (χ2n) is 3.49. The maximum Gasteiger partial charge on any atom is 0.149 e. The summed E-state index contributed by atoms with van der Waals surface area (Å²) < 4.78 is 26.4. The molecule has 0 aromatic heterocycles. The van der Waals surface area contributed by atoms with E-state index < -0.39 is 11.6 Å². The molecule has 0 heterocycles. The Balaban J connectivity index is 2.48. The zero-order valence-corrected chi connectivity index (χ0v) is 8.13. The van der Waals surface area contributed by atoms with Crippen molar-refractivity contribution in [2.24, 2.45) is 0 Å². The summed E-state index contributed by atoms with van der Waals surface area (Å²) in [7, 11) is 0. The fourth-order valence-corrected chi connectivity index (χ4v) is 1.60. The van der Waals surface area contributed by atoms with E-state index in [2.05, 4.69) is 0 Å². The van der Waals surface area contributed by atoms with Crippen molar-refractivity contribution in [3.63, 3.8) is 0 Å². The smallest absolute Gasteiger partial charge is 0.149 e. The zero-order chi connectivity index (χ0) is 10.8. The number of nitrogens with two attached hydrogens (primary N) is 1. The number of hydrogen-bond acceptors (Lipinski definition) is 1. The van der Waals surface area contributed by atoms with Gasteiger partial charge in [-0.25, -0.2) is 8.78 Å². The Bertz CT molecular complexity index is 447. The predicted octanol–water partition coefficient (Wildman–Crippen LogP) is 3.28. The molecule has 15 heavy (non-hydrogen) atoms. The lowest BCUT2D eigenvalue weighted by Crippen LogP contribution is -1.97. The summed E-state index contributed by atoms with van der Waals surface area (Å²) in [5, 5.41) is 0. The summed E-state index contributed by atoms with van der Waals surface area (Å²) in [6, 6.07) is 2.17. The van der Waals surface area contributed by atoms with E-state index in [1.165, 1.54) is 6.07 Å². The SMILES string of the molecule is Nc1cc(C2=CCCC=C2)c(F)cc1F. The number of hydrogen-bond donors (Lipinski definition) is 1. The Kier molecular flexibility index (Phi) is 2.54. The number of rotatable bonds is 1. The third-order valence-electron chi connectivity index (χ3n) is 2.39. The van der Waals surface area contributed by atoms with Crippen LogP contribution in [0.1, 0.15) is 18.4 Å². The van der Waals surface area contributed by atoms with E-state index in [4.69, 9.17) is 5.73 Å². The summed E-state index contributed by atoms with van der Waals surface area (Å²) in [6.07, 6.45) is 7.56. The van der Waals surface area contributed by atoms with Crippen LogP contribution in [0.25, 0.3) is 5.57 Å². The van der Waals surface area contributed by atoms with Crippen LogP contribution >= 0.6 is 0 Å². The first-order valence-electron chi connectivity index (χ1n) is 4.80. The Hall–Kier alpha value is -1.64. The van der Waals surface area contributed by atoms with Crippen molar-refractivity contribution in [2.75, 3.05) is 5.73 Å². The highest BCUT2D eigenvalue weighted by Crippen LogP contribution is 2.26. The topological polar surface area (TPSA) is 26.0 Å². The monoisotopic (exact) mass is 207 g/mol. The fraction of sp³-hybridized carbons (Fsp3) is 0.167. The van der Waals surface area contributed by atoms with Gasteiger partial charge in [-0.2, -0.15) is 0 Å². The van der Waals surface area contributed by atoms with Gasteiger partial charge in [-0.05, 0) is 24.5 Å². The minimum Gasteiger partial charge on any atom is -0.396 e. The fourth-order valence-electron chi connectivity index (χ4n) is 1.60. The molecule has 2 rings (SSSR count). The molecular weight excluding hydrogens is 196 g/mol. The molecule has 1 nitrogen and oxygen atoms in total. The van der Waals surface area contributed by atoms with Crippen molar-refractivity contribution >= 4 is 11.3 Å². The third-order valence-corrected chi connectivity index (χ3v) is 2.39. The summed E-state index contributed by atoms with van der Waals surface area (Å²) in [4.78, 5) is 0. The molecule has 1 aromatic rings. The standard InChI is InChI=1S/C12H11F2N/c13-10-7-11(14)12(15)6-9(10)8-4-2-1-3-5-8/h2,4-7H,1,3,15H2. The van der Waals surface area contributed by atoms with Crippen molar-refractivity contribution in [3.05, 3.63) is 47.6 Å². The number of anilines is 1. The molecule has 78 valence electrons. The number of benzene rings is 1. The van der Waals surface area contributed by atoms with Crippen molar-refractivity contribution in [2.45, 2.75) is 12.8 Å². The largest absolute Gasteiger partial charge is 0.396 e. The van der Waals surface area contributed by atoms with Crippen LogP contribution in [0.4, 0.5) is 14.5 Å². The lowest BCUT2D eigenvalue weighted by Gasteiger charge is -2.09. The van der Waals surface area contributed by atoms with Gasteiger partial charge < -0.3 is 5.73 Å². The third kappa shape index (κ3) is 1.91. The summed E-state index contributed by atoms with van der Waals surface area (Å²) >= 11 is 0. The Morgan fingerprint density at radius 3 is 2.53 bits per heavy atom. The van der Waals surface area contributed by atoms with Crippen molar-refractivity contribution in [1.82, 2.24) is 0 Å². The lowest BCUT2D eigenvalue weighted by molar-refractivity contribution is 0.584. The molecule has 0 saturated carbocycles. The highest BCUT2D eigenvalue weighted by Gasteiger charge is 2.11. The summed E-state index contributed by atoms with van der Waals surface area (Å²) in [6.45, 7) is 0. The Morgan fingerprint density at radius 1 is 1.07 bits per heavy atom. The molecule has 1 aliphatic carbocycles. The van der Waals surface area contributed by atoms with E-state index in [0.717, 1.165) is 24.5 Å². The molecule has 3 heteroatoms. The molecule has 1 aliphatic rings. The average molecular weight is 207 g/mol. The number of allylic oxidation sites excluding steroid dienone is 4. The van der Waals surface area contributed by atoms with Gasteiger partial charge in [0, 0.05) is 11.6 Å². The van der Waals surface area contributed by atoms with Gasteiger partial charge in [0.2, 0.25) is 0 Å². The van der Waals surface area contributed by atoms with Gasteiger partial charge in [-0.15, -0.1) is 0 Å². The summed E-state index contributed by atoms with van der Waals surface area (Å²) in [5.74, 6) is -1.28. The Labute approximate surface area is 86.9 Å². The molecule has 0 spiro atoms. The first kappa shape index (κ1) is 9.90.